The lowest BCUT2D eigenvalue weighted by atomic mass is 10.1. The van der Waals surface area contributed by atoms with Gasteiger partial charge in [0, 0.05) is 23.3 Å². The molecule has 20 heavy (non-hydrogen) atoms. The maximum atomic E-state index is 6.08. The molecule has 0 atom stereocenters. The molecule has 1 aliphatic rings. The van der Waals surface area contributed by atoms with Crippen LogP contribution < -0.4 is 5.73 Å². The van der Waals surface area contributed by atoms with Crippen LogP contribution in [0.1, 0.15) is 32.3 Å². The summed E-state index contributed by atoms with van der Waals surface area (Å²) in [7, 11) is 0. The molecule has 108 valence electrons. The van der Waals surface area contributed by atoms with E-state index in [1.54, 1.807) is 6.20 Å². The van der Waals surface area contributed by atoms with Crippen LogP contribution in [0.15, 0.2) is 29.4 Å². The van der Waals surface area contributed by atoms with Crippen molar-refractivity contribution in [3.8, 4) is 0 Å². The zero-order chi connectivity index (χ0) is 14.5. The number of hydrogen-bond acceptors (Lipinski definition) is 4. The van der Waals surface area contributed by atoms with E-state index < -0.39 is 0 Å². The molecule has 0 aliphatic carbocycles. The minimum Gasteiger partial charge on any atom is -0.465 e. The van der Waals surface area contributed by atoms with Crippen LogP contribution in [0.2, 0.25) is 5.02 Å². The highest BCUT2D eigenvalue weighted by molar-refractivity contribution is 6.31. The van der Waals surface area contributed by atoms with E-state index in [4.69, 9.17) is 22.1 Å². The molecule has 1 aromatic rings. The summed E-state index contributed by atoms with van der Waals surface area (Å²) in [6, 6.07) is 6.21. The smallest absolute Gasteiger partial charge is 0.297 e. The number of nitrogens with two attached hydrogens (primary N) is 1. The SMILES string of the molecule is CCCOC1=Nc2ccc(Cl)cc2C(=CN)N1CCC. The molecule has 4 nitrogen and oxygen atoms in total. The van der Waals surface area contributed by atoms with Crippen LogP contribution in [0.25, 0.3) is 5.70 Å². The fourth-order valence-corrected chi connectivity index (χ4v) is 2.32. The molecule has 1 heterocycles. The average molecular weight is 294 g/mol. The van der Waals surface area contributed by atoms with Gasteiger partial charge in [0.05, 0.1) is 18.0 Å². The van der Waals surface area contributed by atoms with Crippen LogP contribution in [0.4, 0.5) is 5.69 Å². The van der Waals surface area contributed by atoms with Crippen LogP contribution in [-0.2, 0) is 4.74 Å². The topological polar surface area (TPSA) is 50.9 Å². The number of fused-ring (bicyclic) bond motifs is 1. The molecule has 0 aromatic heterocycles. The van der Waals surface area contributed by atoms with Gasteiger partial charge in [0.25, 0.3) is 6.02 Å². The number of halogens is 1. The van der Waals surface area contributed by atoms with E-state index in [2.05, 4.69) is 18.8 Å². The van der Waals surface area contributed by atoms with E-state index in [1.807, 2.05) is 23.1 Å². The van der Waals surface area contributed by atoms with Gasteiger partial charge in [0.15, 0.2) is 0 Å². The molecule has 0 radical (unpaired) electrons. The Kier molecular flexibility index (Phi) is 4.90. The number of hydrogen-bond donors (Lipinski definition) is 1. The molecule has 2 rings (SSSR count). The van der Waals surface area contributed by atoms with Crippen LogP contribution in [0, 0.1) is 0 Å². The largest absolute Gasteiger partial charge is 0.465 e. The predicted molar refractivity (Wildman–Crippen MR) is 84.0 cm³/mol. The van der Waals surface area contributed by atoms with Crippen molar-refractivity contribution in [3.05, 3.63) is 35.0 Å². The van der Waals surface area contributed by atoms with Crippen molar-refractivity contribution >= 4 is 29.0 Å². The molecule has 0 spiro atoms. The van der Waals surface area contributed by atoms with Gasteiger partial charge in [-0.1, -0.05) is 25.4 Å². The third kappa shape index (κ3) is 2.90. The molecule has 0 unspecified atom stereocenters. The Hall–Kier alpha value is -1.68. The zero-order valence-electron chi connectivity index (χ0n) is 11.9. The molecular formula is C15H20ClN3O. The van der Waals surface area contributed by atoms with Gasteiger partial charge in [-0.3, -0.25) is 4.90 Å². The third-order valence-corrected chi connectivity index (χ3v) is 3.25. The Morgan fingerprint density at radius 1 is 1.35 bits per heavy atom. The van der Waals surface area contributed by atoms with Crippen LogP contribution in [-0.4, -0.2) is 24.1 Å². The molecule has 1 aromatic carbocycles. The first-order valence-electron chi connectivity index (χ1n) is 6.92. The summed E-state index contributed by atoms with van der Waals surface area (Å²) in [6.07, 6.45) is 3.50. The van der Waals surface area contributed by atoms with Crippen molar-refractivity contribution < 1.29 is 4.74 Å². The first-order valence-corrected chi connectivity index (χ1v) is 7.29. The number of benzene rings is 1. The van der Waals surface area contributed by atoms with Crippen molar-refractivity contribution in [2.75, 3.05) is 13.2 Å². The van der Waals surface area contributed by atoms with Crippen molar-refractivity contribution in [1.29, 1.82) is 0 Å². The van der Waals surface area contributed by atoms with E-state index >= 15 is 0 Å². The molecule has 2 N–H and O–H groups in total. The fourth-order valence-electron chi connectivity index (χ4n) is 2.15. The number of rotatable bonds is 4. The minimum atomic E-state index is 0.611. The molecule has 5 heteroatoms. The second-order valence-electron chi connectivity index (χ2n) is 4.61. The summed E-state index contributed by atoms with van der Waals surface area (Å²) < 4.78 is 5.76. The van der Waals surface area contributed by atoms with Gasteiger partial charge >= 0.3 is 0 Å². The molecule has 0 saturated heterocycles. The minimum absolute atomic E-state index is 0.611. The quantitative estimate of drug-likeness (QED) is 0.920. The van der Waals surface area contributed by atoms with Gasteiger partial charge in [-0.15, -0.1) is 0 Å². The Labute approximate surface area is 124 Å². The lowest BCUT2D eigenvalue weighted by molar-refractivity contribution is 0.257. The highest BCUT2D eigenvalue weighted by Gasteiger charge is 2.25. The maximum absolute atomic E-state index is 6.08. The van der Waals surface area contributed by atoms with Crippen molar-refractivity contribution in [2.45, 2.75) is 26.7 Å². The zero-order valence-corrected chi connectivity index (χ0v) is 12.7. The Bertz CT molecular complexity index is 540. The summed E-state index contributed by atoms with van der Waals surface area (Å²) in [5, 5.41) is 0.674. The van der Waals surface area contributed by atoms with Crippen molar-refractivity contribution in [2.24, 2.45) is 10.7 Å². The molecule has 0 saturated carbocycles. The third-order valence-electron chi connectivity index (χ3n) is 3.01. The molecule has 0 amide bonds. The maximum Gasteiger partial charge on any atom is 0.297 e. The summed E-state index contributed by atoms with van der Waals surface area (Å²) >= 11 is 6.08. The van der Waals surface area contributed by atoms with Gasteiger partial charge in [-0.25, -0.2) is 0 Å². The Balaban J connectivity index is 2.46. The number of ether oxygens (including phenoxy) is 1. The van der Waals surface area contributed by atoms with E-state index in [9.17, 15) is 0 Å². The van der Waals surface area contributed by atoms with Gasteiger partial charge in [0.2, 0.25) is 0 Å². The fraction of sp³-hybridized carbons (Fsp3) is 0.400. The second-order valence-corrected chi connectivity index (χ2v) is 5.04. The highest BCUT2D eigenvalue weighted by atomic mass is 35.5. The lowest BCUT2D eigenvalue weighted by Crippen LogP contribution is -2.35. The number of amidine groups is 1. The van der Waals surface area contributed by atoms with Crippen molar-refractivity contribution in [3.63, 3.8) is 0 Å². The van der Waals surface area contributed by atoms with Gasteiger partial charge in [-0.05, 0) is 31.0 Å². The Morgan fingerprint density at radius 3 is 2.80 bits per heavy atom. The molecule has 0 bridgehead atoms. The normalized spacial score (nSPS) is 16.1. The lowest BCUT2D eigenvalue weighted by Gasteiger charge is -2.31. The summed E-state index contributed by atoms with van der Waals surface area (Å²) in [5.74, 6) is 0. The van der Waals surface area contributed by atoms with E-state index in [0.717, 1.165) is 36.3 Å². The summed E-state index contributed by atoms with van der Waals surface area (Å²) in [5.41, 5.74) is 8.50. The second kappa shape index (κ2) is 6.66. The highest BCUT2D eigenvalue weighted by Crippen LogP contribution is 2.35. The first kappa shape index (κ1) is 14.7. The van der Waals surface area contributed by atoms with Crippen LogP contribution in [0.3, 0.4) is 0 Å². The predicted octanol–water partition coefficient (Wildman–Crippen LogP) is 3.74. The molecule has 0 fully saturated rings. The van der Waals surface area contributed by atoms with Crippen molar-refractivity contribution in [1.82, 2.24) is 4.90 Å². The summed E-state index contributed by atoms with van der Waals surface area (Å²) in [4.78, 5) is 6.60. The van der Waals surface area contributed by atoms with E-state index in [1.165, 1.54) is 0 Å². The van der Waals surface area contributed by atoms with E-state index in [0.29, 0.717) is 17.7 Å². The monoisotopic (exact) mass is 293 g/mol. The van der Waals surface area contributed by atoms with Gasteiger partial charge in [-0.2, -0.15) is 4.99 Å². The van der Waals surface area contributed by atoms with Gasteiger partial charge < -0.3 is 10.5 Å². The average Bonchev–Trinajstić information content (AvgIpc) is 2.45. The first-order chi connectivity index (χ1) is 9.71. The summed E-state index contributed by atoms with van der Waals surface area (Å²) in [6.45, 7) is 5.62. The number of aliphatic imine (C=N–C) groups is 1. The standard InChI is InChI=1S/C15H20ClN3O/c1-3-7-19-14(10-17)12-9-11(16)5-6-13(12)18-15(19)20-8-4-2/h5-6,9-10H,3-4,7-8,17H2,1-2H3. The Morgan fingerprint density at radius 2 is 2.15 bits per heavy atom. The van der Waals surface area contributed by atoms with Crippen LogP contribution >= 0.6 is 11.6 Å². The number of nitrogens with zero attached hydrogens (tertiary/aromatic N) is 2. The molecule has 1 aliphatic heterocycles. The van der Waals surface area contributed by atoms with Gasteiger partial charge in [0.1, 0.15) is 0 Å². The van der Waals surface area contributed by atoms with Crippen LogP contribution in [0.5, 0.6) is 0 Å². The molecular weight excluding hydrogens is 274 g/mol. The van der Waals surface area contributed by atoms with E-state index in [-0.39, 0.29) is 0 Å².